The molecule has 4 aliphatic rings. The average molecular weight is 482 g/mol. The molecule has 194 valence electrons. The Balaban J connectivity index is 1.80. The fourth-order valence-electron chi connectivity index (χ4n) is 9.58. The number of allylic oxidation sites excluding steroid dienone is 2. The monoisotopic (exact) mass is 481 g/mol. The van der Waals surface area contributed by atoms with Crippen molar-refractivity contribution < 1.29 is 14.7 Å². The summed E-state index contributed by atoms with van der Waals surface area (Å²) in [4.78, 5) is 26.0. The van der Waals surface area contributed by atoms with Crippen LogP contribution in [0.3, 0.4) is 0 Å². The van der Waals surface area contributed by atoms with E-state index in [-0.39, 0.29) is 51.1 Å². The first-order valence-corrected chi connectivity index (χ1v) is 13.8. The van der Waals surface area contributed by atoms with Crippen molar-refractivity contribution in [2.75, 3.05) is 0 Å². The standard InChI is InChI=1S/C31H47NO3/c1-20(33)15-24-29(7)16-21(19-32)25(34)27(4,5)23(29)9-10-30(24,8)28(6)12-14-31(35)13-11-26(2,3)17-22(31)18-28/h16,22-24,35H,9-15,17-18H2,1-8H3/t22?,23-,24+,28+,29-,30+,31-/m0/s1. The van der Waals surface area contributed by atoms with Crippen molar-refractivity contribution in [2.45, 2.75) is 119 Å². The molecule has 0 bridgehead atoms. The third kappa shape index (κ3) is 3.87. The summed E-state index contributed by atoms with van der Waals surface area (Å²) in [6, 6.07) is 2.20. The maximum atomic E-state index is 13.2. The molecular formula is C31H47NO3. The Labute approximate surface area is 212 Å². The number of ketones is 2. The second-order valence-corrected chi connectivity index (χ2v) is 15.0. The third-order valence-corrected chi connectivity index (χ3v) is 12.0. The van der Waals surface area contributed by atoms with Crippen LogP contribution in [0, 0.1) is 56.2 Å². The summed E-state index contributed by atoms with van der Waals surface area (Å²) in [5.41, 5.74) is -1.20. The number of carbonyl (C=O) groups excluding carboxylic acids is 2. The summed E-state index contributed by atoms with van der Waals surface area (Å²) in [5.74, 6) is 0.565. The number of nitriles is 1. The molecule has 4 heteroatoms. The number of hydrogen-bond donors (Lipinski definition) is 1. The summed E-state index contributed by atoms with van der Waals surface area (Å²) < 4.78 is 0. The summed E-state index contributed by atoms with van der Waals surface area (Å²) in [6.07, 6.45) is 10.1. The van der Waals surface area contributed by atoms with Crippen LogP contribution in [0.15, 0.2) is 11.6 Å². The Bertz CT molecular complexity index is 1000. The van der Waals surface area contributed by atoms with Crippen molar-refractivity contribution in [1.29, 1.82) is 5.26 Å². The molecule has 0 aromatic carbocycles. The predicted molar refractivity (Wildman–Crippen MR) is 138 cm³/mol. The molecule has 0 amide bonds. The highest BCUT2D eigenvalue weighted by atomic mass is 16.3. The number of Topliss-reactive ketones (excluding diaryl/α,β-unsaturated/α-hetero) is 2. The largest absolute Gasteiger partial charge is 0.390 e. The van der Waals surface area contributed by atoms with Gasteiger partial charge < -0.3 is 9.90 Å². The number of carbonyl (C=O) groups is 2. The summed E-state index contributed by atoms with van der Waals surface area (Å²) >= 11 is 0. The molecule has 4 rings (SSSR count). The van der Waals surface area contributed by atoms with Crippen LogP contribution in [-0.2, 0) is 9.59 Å². The van der Waals surface area contributed by atoms with E-state index >= 15 is 0 Å². The van der Waals surface area contributed by atoms with Crippen LogP contribution in [-0.4, -0.2) is 22.3 Å². The van der Waals surface area contributed by atoms with Gasteiger partial charge in [0.1, 0.15) is 11.9 Å². The first-order chi connectivity index (χ1) is 15.9. The van der Waals surface area contributed by atoms with Crippen LogP contribution in [0.5, 0.6) is 0 Å². The van der Waals surface area contributed by atoms with Crippen LogP contribution in [0.1, 0.15) is 113 Å². The third-order valence-electron chi connectivity index (χ3n) is 12.0. The van der Waals surface area contributed by atoms with Crippen LogP contribution in [0.2, 0.25) is 0 Å². The van der Waals surface area contributed by atoms with Gasteiger partial charge in [0.25, 0.3) is 0 Å². The maximum absolute atomic E-state index is 13.2. The van der Waals surface area contributed by atoms with Crippen LogP contribution in [0.4, 0.5) is 0 Å². The first kappa shape index (κ1) is 26.6. The van der Waals surface area contributed by atoms with Gasteiger partial charge in [-0.15, -0.1) is 0 Å². The number of aliphatic hydroxyl groups is 1. The van der Waals surface area contributed by atoms with Crippen LogP contribution < -0.4 is 0 Å². The topological polar surface area (TPSA) is 78.2 Å². The van der Waals surface area contributed by atoms with E-state index < -0.39 is 16.4 Å². The molecule has 4 nitrogen and oxygen atoms in total. The zero-order valence-electron chi connectivity index (χ0n) is 23.4. The van der Waals surface area contributed by atoms with E-state index in [4.69, 9.17) is 0 Å². The zero-order valence-corrected chi connectivity index (χ0v) is 23.4. The second kappa shape index (κ2) is 8.01. The minimum atomic E-state index is -0.619. The van der Waals surface area contributed by atoms with E-state index in [1.807, 2.05) is 19.9 Å². The molecule has 0 heterocycles. The molecule has 35 heavy (non-hydrogen) atoms. The van der Waals surface area contributed by atoms with Crippen molar-refractivity contribution in [1.82, 2.24) is 0 Å². The Kier molecular flexibility index (Phi) is 6.09. The van der Waals surface area contributed by atoms with Gasteiger partial charge in [-0.1, -0.05) is 54.5 Å². The lowest BCUT2D eigenvalue weighted by atomic mass is 9.37. The van der Waals surface area contributed by atoms with Crippen molar-refractivity contribution >= 4 is 11.6 Å². The summed E-state index contributed by atoms with van der Waals surface area (Å²) in [6.45, 7) is 17.4. The molecule has 7 atom stereocenters. The molecule has 4 aliphatic carbocycles. The minimum Gasteiger partial charge on any atom is -0.390 e. The van der Waals surface area contributed by atoms with Crippen LogP contribution >= 0.6 is 0 Å². The Morgan fingerprint density at radius 3 is 2.26 bits per heavy atom. The zero-order chi connectivity index (χ0) is 26.2. The molecule has 3 saturated carbocycles. The van der Waals surface area contributed by atoms with Gasteiger partial charge in [-0.2, -0.15) is 5.26 Å². The van der Waals surface area contributed by atoms with Gasteiger partial charge in [-0.05, 0) is 97.7 Å². The average Bonchev–Trinajstić information content (AvgIpc) is 2.74. The molecule has 0 aromatic heterocycles. The first-order valence-electron chi connectivity index (χ1n) is 13.8. The van der Waals surface area contributed by atoms with Gasteiger partial charge in [0, 0.05) is 11.8 Å². The summed E-state index contributed by atoms with van der Waals surface area (Å²) in [5, 5.41) is 21.5. The number of nitrogens with zero attached hydrogens (tertiary/aromatic N) is 1. The van der Waals surface area contributed by atoms with Gasteiger partial charge in [0.05, 0.1) is 11.2 Å². The molecule has 1 unspecified atom stereocenters. The SMILES string of the molecule is CC(=O)C[C@@H]1[C@@]2(C)C=C(C#N)C(=O)C(C)(C)[C@@H]2CC[C@@]1(C)[C@]1(C)CC[C@@]2(O)CCC(C)(C)CC2C1. The lowest BCUT2D eigenvalue weighted by molar-refractivity contribution is -0.192. The molecule has 0 saturated heterocycles. The van der Waals surface area contributed by atoms with E-state index in [9.17, 15) is 20.0 Å². The van der Waals surface area contributed by atoms with Gasteiger partial charge in [-0.3, -0.25) is 4.79 Å². The smallest absolute Gasteiger partial charge is 0.178 e. The maximum Gasteiger partial charge on any atom is 0.178 e. The van der Waals surface area contributed by atoms with E-state index in [1.54, 1.807) is 6.92 Å². The number of hydrogen-bond acceptors (Lipinski definition) is 4. The quantitative estimate of drug-likeness (QED) is 0.480. The molecular weight excluding hydrogens is 434 g/mol. The van der Waals surface area contributed by atoms with Gasteiger partial charge in [-0.25, -0.2) is 0 Å². The predicted octanol–water partition coefficient (Wildman–Crippen LogP) is 6.81. The minimum absolute atomic E-state index is 0.0162. The fraction of sp³-hybridized carbons (Fsp3) is 0.839. The lowest BCUT2D eigenvalue weighted by Crippen LogP contribution is -2.62. The van der Waals surface area contributed by atoms with Crippen molar-refractivity contribution in [3.63, 3.8) is 0 Å². The van der Waals surface area contributed by atoms with E-state index in [0.717, 1.165) is 51.4 Å². The van der Waals surface area contributed by atoms with E-state index in [1.165, 1.54) is 0 Å². The normalized spacial score (nSPS) is 46.6. The summed E-state index contributed by atoms with van der Waals surface area (Å²) in [7, 11) is 0. The number of fused-ring (bicyclic) bond motifs is 2. The van der Waals surface area contributed by atoms with Crippen molar-refractivity contribution in [3.05, 3.63) is 11.6 Å². The van der Waals surface area contributed by atoms with Gasteiger partial charge in [0.2, 0.25) is 0 Å². The van der Waals surface area contributed by atoms with Gasteiger partial charge in [0.15, 0.2) is 5.78 Å². The van der Waals surface area contributed by atoms with E-state index in [2.05, 4.69) is 40.7 Å². The molecule has 0 aromatic rings. The Morgan fingerprint density at radius 2 is 1.66 bits per heavy atom. The Hall–Kier alpha value is -1.47. The van der Waals surface area contributed by atoms with Crippen molar-refractivity contribution in [3.8, 4) is 6.07 Å². The molecule has 0 aliphatic heterocycles. The molecule has 1 N–H and O–H groups in total. The number of rotatable bonds is 3. The van der Waals surface area contributed by atoms with Crippen molar-refractivity contribution in [2.24, 2.45) is 44.8 Å². The Morgan fingerprint density at radius 1 is 1.03 bits per heavy atom. The highest BCUT2D eigenvalue weighted by Crippen LogP contribution is 2.71. The molecule has 0 radical (unpaired) electrons. The van der Waals surface area contributed by atoms with Crippen LogP contribution in [0.25, 0.3) is 0 Å². The lowest BCUT2D eigenvalue weighted by Gasteiger charge is -2.67. The van der Waals surface area contributed by atoms with Gasteiger partial charge >= 0.3 is 0 Å². The second-order valence-electron chi connectivity index (χ2n) is 15.0. The fourth-order valence-corrected chi connectivity index (χ4v) is 9.58. The molecule has 0 spiro atoms. The van der Waals surface area contributed by atoms with E-state index in [0.29, 0.717) is 6.42 Å². The highest BCUT2D eigenvalue weighted by molar-refractivity contribution is 6.04. The molecule has 3 fully saturated rings. The highest BCUT2D eigenvalue weighted by Gasteiger charge is 2.66.